The first-order chi connectivity index (χ1) is 6.04. The van der Waals surface area contributed by atoms with Gasteiger partial charge in [0.15, 0.2) is 0 Å². The second kappa shape index (κ2) is 4.45. The number of rotatable bonds is 4. The van der Waals surface area contributed by atoms with E-state index in [1.807, 2.05) is 0 Å². The Balaban J connectivity index is 4.43. The van der Waals surface area contributed by atoms with E-state index in [1.165, 1.54) is 13.8 Å². The van der Waals surface area contributed by atoms with E-state index in [0.717, 1.165) is 0 Å². The van der Waals surface area contributed by atoms with Crippen LogP contribution in [0.5, 0.6) is 0 Å². The lowest BCUT2D eigenvalue weighted by molar-refractivity contribution is -0.136. The molecule has 0 heterocycles. The van der Waals surface area contributed by atoms with Crippen LogP contribution in [0.4, 0.5) is 13.2 Å². The number of alkyl halides is 3. The molecule has 0 aliphatic carbocycles. The molecule has 8 heteroatoms. The standard InChI is InChI=1S/C6H13F3N2O2S/c1-5(2)11(14(10,12)13)4-3-6(7,8)9/h5H,3-4H2,1-2H3,(H2,10,12,13). The fourth-order valence-corrected chi connectivity index (χ4v) is 1.85. The maximum Gasteiger partial charge on any atom is 0.390 e. The zero-order valence-corrected chi connectivity index (χ0v) is 8.69. The van der Waals surface area contributed by atoms with Gasteiger partial charge in [0.25, 0.3) is 10.2 Å². The maximum absolute atomic E-state index is 11.8. The van der Waals surface area contributed by atoms with E-state index < -0.39 is 35.4 Å². The summed E-state index contributed by atoms with van der Waals surface area (Å²) < 4.78 is 57.7. The van der Waals surface area contributed by atoms with Gasteiger partial charge < -0.3 is 0 Å². The number of hydrogen-bond donors (Lipinski definition) is 1. The van der Waals surface area contributed by atoms with Crippen molar-refractivity contribution in [1.82, 2.24) is 4.31 Å². The van der Waals surface area contributed by atoms with Gasteiger partial charge in [-0.15, -0.1) is 0 Å². The van der Waals surface area contributed by atoms with E-state index in [2.05, 4.69) is 0 Å². The van der Waals surface area contributed by atoms with E-state index in [9.17, 15) is 21.6 Å². The first kappa shape index (κ1) is 13.7. The quantitative estimate of drug-likeness (QED) is 0.783. The first-order valence-electron chi connectivity index (χ1n) is 3.90. The van der Waals surface area contributed by atoms with Crippen molar-refractivity contribution in [3.63, 3.8) is 0 Å². The lowest BCUT2D eigenvalue weighted by Gasteiger charge is -2.23. The fraction of sp³-hybridized carbons (Fsp3) is 1.00. The van der Waals surface area contributed by atoms with Crippen molar-refractivity contribution in [3.8, 4) is 0 Å². The summed E-state index contributed by atoms with van der Waals surface area (Å²) in [6, 6.07) is -0.577. The lowest BCUT2D eigenvalue weighted by Crippen LogP contribution is -2.43. The van der Waals surface area contributed by atoms with Crippen LogP contribution < -0.4 is 5.14 Å². The summed E-state index contributed by atoms with van der Waals surface area (Å²) in [5, 5.41) is 4.74. The van der Waals surface area contributed by atoms with E-state index >= 15 is 0 Å². The van der Waals surface area contributed by atoms with Gasteiger partial charge in [-0.05, 0) is 13.8 Å². The predicted octanol–water partition coefficient (Wildman–Crippen LogP) is 0.853. The van der Waals surface area contributed by atoms with Gasteiger partial charge >= 0.3 is 6.18 Å². The first-order valence-corrected chi connectivity index (χ1v) is 5.40. The normalized spacial score (nSPS) is 14.0. The van der Waals surface area contributed by atoms with Gasteiger partial charge in [0.1, 0.15) is 0 Å². The highest BCUT2D eigenvalue weighted by atomic mass is 32.2. The van der Waals surface area contributed by atoms with Crippen molar-refractivity contribution in [2.45, 2.75) is 32.5 Å². The smallest absolute Gasteiger partial charge is 0.216 e. The molecular weight excluding hydrogens is 221 g/mol. The van der Waals surface area contributed by atoms with Gasteiger partial charge in [0.2, 0.25) is 0 Å². The summed E-state index contributed by atoms with van der Waals surface area (Å²) in [6.07, 6.45) is -5.57. The Kier molecular flexibility index (Phi) is 4.34. The highest BCUT2D eigenvalue weighted by molar-refractivity contribution is 7.86. The Morgan fingerprint density at radius 3 is 2.00 bits per heavy atom. The molecule has 14 heavy (non-hydrogen) atoms. The largest absolute Gasteiger partial charge is 0.390 e. The van der Waals surface area contributed by atoms with E-state index in [4.69, 9.17) is 5.14 Å². The van der Waals surface area contributed by atoms with Gasteiger partial charge in [0, 0.05) is 12.6 Å². The molecule has 0 rings (SSSR count). The third-order valence-corrected chi connectivity index (χ3v) is 2.78. The van der Waals surface area contributed by atoms with Gasteiger partial charge in [-0.3, -0.25) is 0 Å². The van der Waals surface area contributed by atoms with E-state index in [0.29, 0.717) is 4.31 Å². The van der Waals surface area contributed by atoms with Crippen LogP contribution in [0, 0.1) is 0 Å². The average Bonchev–Trinajstić information content (AvgIpc) is 1.79. The molecule has 0 aromatic carbocycles. The Hall–Kier alpha value is -0.340. The molecule has 2 N–H and O–H groups in total. The van der Waals surface area contributed by atoms with Crippen LogP contribution in [0.25, 0.3) is 0 Å². The molecule has 0 unspecified atom stereocenters. The van der Waals surface area contributed by atoms with Crippen LogP contribution in [0.1, 0.15) is 20.3 Å². The molecule has 0 bridgehead atoms. The van der Waals surface area contributed by atoms with Crippen molar-refractivity contribution in [1.29, 1.82) is 0 Å². The molecule has 0 radical (unpaired) electrons. The highest BCUT2D eigenvalue weighted by Crippen LogP contribution is 2.20. The fourth-order valence-electron chi connectivity index (χ4n) is 0.916. The molecule has 0 aromatic rings. The molecule has 0 saturated heterocycles. The third kappa shape index (κ3) is 5.40. The monoisotopic (exact) mass is 234 g/mol. The van der Waals surface area contributed by atoms with Crippen LogP contribution in [0.15, 0.2) is 0 Å². The van der Waals surface area contributed by atoms with Crippen LogP contribution in [-0.4, -0.2) is 31.5 Å². The molecule has 0 amide bonds. The summed E-state index contributed by atoms with van der Waals surface area (Å²) in [7, 11) is -4.05. The van der Waals surface area contributed by atoms with E-state index in [1.54, 1.807) is 0 Å². The zero-order chi connectivity index (χ0) is 11.6. The molecule has 0 atom stereocenters. The van der Waals surface area contributed by atoms with Crippen LogP contribution in [-0.2, 0) is 10.2 Å². The molecule has 0 aromatic heterocycles. The van der Waals surface area contributed by atoms with Crippen molar-refractivity contribution < 1.29 is 21.6 Å². The number of nitrogens with two attached hydrogens (primary N) is 1. The molecule has 4 nitrogen and oxygen atoms in total. The minimum absolute atomic E-state index is 0.577. The Morgan fingerprint density at radius 1 is 1.36 bits per heavy atom. The summed E-state index contributed by atoms with van der Waals surface area (Å²) >= 11 is 0. The van der Waals surface area contributed by atoms with Crippen LogP contribution in [0.3, 0.4) is 0 Å². The van der Waals surface area contributed by atoms with Crippen molar-refractivity contribution >= 4 is 10.2 Å². The molecule has 0 aliphatic rings. The van der Waals surface area contributed by atoms with E-state index in [-0.39, 0.29) is 0 Å². The van der Waals surface area contributed by atoms with Crippen molar-refractivity contribution in [3.05, 3.63) is 0 Å². The second-order valence-corrected chi connectivity index (χ2v) is 4.61. The van der Waals surface area contributed by atoms with Crippen molar-refractivity contribution in [2.24, 2.45) is 5.14 Å². The van der Waals surface area contributed by atoms with Gasteiger partial charge in [0.05, 0.1) is 6.42 Å². The molecule has 86 valence electrons. The van der Waals surface area contributed by atoms with Gasteiger partial charge in [-0.1, -0.05) is 0 Å². The summed E-state index contributed by atoms with van der Waals surface area (Å²) in [5.41, 5.74) is 0. The lowest BCUT2D eigenvalue weighted by atomic mass is 10.3. The minimum atomic E-state index is -4.38. The summed E-state index contributed by atoms with van der Waals surface area (Å²) in [6.45, 7) is 2.28. The minimum Gasteiger partial charge on any atom is -0.216 e. The Bertz CT molecular complexity index is 273. The third-order valence-electron chi connectivity index (χ3n) is 1.52. The van der Waals surface area contributed by atoms with Crippen LogP contribution >= 0.6 is 0 Å². The Morgan fingerprint density at radius 2 is 1.79 bits per heavy atom. The highest BCUT2D eigenvalue weighted by Gasteiger charge is 2.31. The second-order valence-electron chi connectivity index (χ2n) is 3.11. The average molecular weight is 234 g/mol. The number of nitrogens with zero attached hydrogens (tertiary/aromatic N) is 1. The SMILES string of the molecule is CC(C)N(CCC(F)(F)F)S(N)(=O)=O. The topological polar surface area (TPSA) is 63.4 Å². The molecular formula is C6H13F3N2O2S. The Labute approximate surface area is 81.1 Å². The molecule has 0 fully saturated rings. The zero-order valence-electron chi connectivity index (χ0n) is 7.87. The maximum atomic E-state index is 11.8. The van der Waals surface area contributed by atoms with Crippen LogP contribution in [0.2, 0.25) is 0 Å². The van der Waals surface area contributed by atoms with Crippen molar-refractivity contribution in [2.75, 3.05) is 6.54 Å². The van der Waals surface area contributed by atoms with Gasteiger partial charge in [-0.25, -0.2) is 5.14 Å². The molecule has 0 aliphatic heterocycles. The number of hydrogen-bond acceptors (Lipinski definition) is 2. The molecule has 0 saturated carbocycles. The summed E-state index contributed by atoms with van der Waals surface area (Å²) in [4.78, 5) is 0. The summed E-state index contributed by atoms with van der Waals surface area (Å²) in [5.74, 6) is 0. The van der Waals surface area contributed by atoms with Gasteiger partial charge in [-0.2, -0.15) is 25.9 Å². The predicted molar refractivity (Wildman–Crippen MR) is 45.6 cm³/mol. The molecule has 0 spiro atoms. The number of halogens is 3.